The number of H-pyrrole nitrogens is 1. The molecule has 0 bridgehead atoms. The van der Waals surface area contributed by atoms with Gasteiger partial charge in [-0.05, 0) is 49.8 Å². The number of fused-ring (bicyclic) bond motifs is 7. The topological polar surface area (TPSA) is 15.8 Å². The van der Waals surface area contributed by atoms with Crippen LogP contribution in [-0.4, -0.2) is 4.98 Å². The van der Waals surface area contributed by atoms with Gasteiger partial charge in [0.25, 0.3) is 0 Å². The highest BCUT2D eigenvalue weighted by atomic mass is 14.7. The Morgan fingerprint density at radius 2 is 0.741 bits per heavy atom. The molecule has 128 valence electrons. The van der Waals surface area contributed by atoms with Crippen molar-refractivity contribution < 1.29 is 0 Å². The van der Waals surface area contributed by atoms with Crippen LogP contribution >= 0.6 is 0 Å². The molecule has 5 aromatic carbocycles. The molecule has 0 radical (unpaired) electrons. The number of para-hydroxylation sites is 1. The standard InChI is InChI=1S/C18H12.C8H7N/c1-2-8-14-13(7-1)15-9-3-4-11-17(15)18-12-6-5-10-16(14)18;1-2-4-8-7(3-1)5-6-9-8/h1-12H;1-6,9H. The molecule has 0 aliphatic rings. The average Bonchev–Trinajstić information content (AvgIpc) is 3.23. The minimum Gasteiger partial charge on any atom is -0.361 e. The molecule has 1 aromatic heterocycles. The summed E-state index contributed by atoms with van der Waals surface area (Å²) in [6, 6.07) is 36.2. The Kier molecular flexibility index (Phi) is 3.84. The number of hydrogen-bond donors (Lipinski definition) is 1. The lowest BCUT2D eigenvalue weighted by Gasteiger charge is -2.09. The van der Waals surface area contributed by atoms with Crippen molar-refractivity contribution in [3.05, 3.63) is 109 Å². The first-order valence-corrected chi connectivity index (χ1v) is 9.22. The molecule has 0 aliphatic heterocycles. The average molecular weight is 345 g/mol. The van der Waals surface area contributed by atoms with E-state index < -0.39 is 0 Å². The van der Waals surface area contributed by atoms with E-state index in [0.717, 1.165) is 0 Å². The summed E-state index contributed by atoms with van der Waals surface area (Å²) in [4.78, 5) is 3.12. The highest BCUT2D eigenvalue weighted by molar-refractivity contribution is 6.25. The van der Waals surface area contributed by atoms with E-state index in [1.165, 1.54) is 43.2 Å². The highest BCUT2D eigenvalue weighted by Crippen LogP contribution is 2.34. The largest absolute Gasteiger partial charge is 0.361 e. The van der Waals surface area contributed by atoms with Gasteiger partial charge >= 0.3 is 0 Å². The van der Waals surface area contributed by atoms with Crippen LogP contribution in [0.3, 0.4) is 0 Å². The van der Waals surface area contributed by atoms with Crippen LogP contribution in [0.15, 0.2) is 109 Å². The summed E-state index contributed by atoms with van der Waals surface area (Å²) in [6.07, 6.45) is 1.95. The van der Waals surface area contributed by atoms with Gasteiger partial charge in [0.15, 0.2) is 0 Å². The predicted octanol–water partition coefficient (Wildman–Crippen LogP) is 7.31. The van der Waals surface area contributed by atoms with Gasteiger partial charge in [-0.2, -0.15) is 0 Å². The molecular formula is C26H19N. The van der Waals surface area contributed by atoms with Crippen molar-refractivity contribution in [2.45, 2.75) is 0 Å². The van der Waals surface area contributed by atoms with Gasteiger partial charge < -0.3 is 4.98 Å². The van der Waals surface area contributed by atoms with E-state index in [2.05, 4.69) is 96.0 Å². The lowest BCUT2D eigenvalue weighted by Crippen LogP contribution is -1.81. The Bertz CT molecular complexity index is 1120. The third-order valence-electron chi connectivity index (χ3n) is 5.11. The monoisotopic (exact) mass is 345 g/mol. The van der Waals surface area contributed by atoms with Crippen LogP contribution in [0.4, 0.5) is 0 Å². The highest BCUT2D eigenvalue weighted by Gasteiger charge is 2.06. The number of nitrogens with one attached hydrogen (secondary N) is 1. The third kappa shape index (κ3) is 2.74. The summed E-state index contributed by atoms with van der Waals surface area (Å²) >= 11 is 0. The molecule has 1 heterocycles. The van der Waals surface area contributed by atoms with Gasteiger partial charge in [0, 0.05) is 11.7 Å². The summed E-state index contributed by atoms with van der Waals surface area (Å²) in [5, 5.41) is 9.31. The fourth-order valence-electron chi connectivity index (χ4n) is 3.85. The summed E-state index contributed by atoms with van der Waals surface area (Å²) in [7, 11) is 0. The zero-order valence-electron chi connectivity index (χ0n) is 14.9. The number of benzene rings is 5. The molecular weight excluding hydrogens is 326 g/mol. The quantitative estimate of drug-likeness (QED) is 0.278. The van der Waals surface area contributed by atoms with E-state index in [0.29, 0.717) is 0 Å². The van der Waals surface area contributed by atoms with Crippen molar-refractivity contribution >= 4 is 43.2 Å². The van der Waals surface area contributed by atoms with Crippen LogP contribution in [0.25, 0.3) is 43.2 Å². The summed E-state index contributed by atoms with van der Waals surface area (Å²) in [6.45, 7) is 0. The van der Waals surface area contributed by atoms with Crippen LogP contribution in [0.1, 0.15) is 0 Å². The Balaban J connectivity index is 0.000000149. The van der Waals surface area contributed by atoms with Crippen molar-refractivity contribution in [2.24, 2.45) is 0 Å². The van der Waals surface area contributed by atoms with E-state index in [-0.39, 0.29) is 0 Å². The Hall–Kier alpha value is -3.58. The van der Waals surface area contributed by atoms with Crippen LogP contribution in [0.2, 0.25) is 0 Å². The van der Waals surface area contributed by atoms with Gasteiger partial charge in [0.1, 0.15) is 0 Å². The van der Waals surface area contributed by atoms with Crippen molar-refractivity contribution in [3.63, 3.8) is 0 Å². The smallest absolute Gasteiger partial charge is 0.0453 e. The first kappa shape index (κ1) is 15.7. The van der Waals surface area contributed by atoms with Crippen molar-refractivity contribution in [1.29, 1.82) is 0 Å². The van der Waals surface area contributed by atoms with Gasteiger partial charge in [-0.15, -0.1) is 0 Å². The van der Waals surface area contributed by atoms with Gasteiger partial charge in [0.2, 0.25) is 0 Å². The Morgan fingerprint density at radius 3 is 1.15 bits per heavy atom. The Labute approximate surface area is 157 Å². The fourth-order valence-corrected chi connectivity index (χ4v) is 3.85. The maximum atomic E-state index is 3.12. The molecule has 1 nitrogen and oxygen atoms in total. The second-order valence-corrected chi connectivity index (χ2v) is 6.70. The van der Waals surface area contributed by atoms with E-state index in [4.69, 9.17) is 0 Å². The summed E-state index contributed by atoms with van der Waals surface area (Å²) < 4.78 is 0. The van der Waals surface area contributed by atoms with Crippen LogP contribution in [0, 0.1) is 0 Å². The first-order chi connectivity index (χ1) is 13.4. The van der Waals surface area contributed by atoms with Gasteiger partial charge in [-0.25, -0.2) is 0 Å². The van der Waals surface area contributed by atoms with Gasteiger partial charge in [0.05, 0.1) is 0 Å². The molecule has 0 fully saturated rings. The summed E-state index contributed by atoms with van der Waals surface area (Å²) in [5.74, 6) is 0. The van der Waals surface area contributed by atoms with Gasteiger partial charge in [-0.3, -0.25) is 0 Å². The maximum Gasteiger partial charge on any atom is 0.0453 e. The van der Waals surface area contributed by atoms with E-state index in [9.17, 15) is 0 Å². The number of rotatable bonds is 0. The van der Waals surface area contributed by atoms with Crippen molar-refractivity contribution in [1.82, 2.24) is 4.98 Å². The summed E-state index contributed by atoms with van der Waals surface area (Å²) in [5.41, 5.74) is 1.21. The first-order valence-electron chi connectivity index (χ1n) is 9.22. The second-order valence-electron chi connectivity index (χ2n) is 6.70. The van der Waals surface area contributed by atoms with Crippen molar-refractivity contribution in [2.75, 3.05) is 0 Å². The minimum absolute atomic E-state index is 1.21. The normalized spacial score (nSPS) is 11.0. The molecule has 6 aromatic rings. The zero-order valence-corrected chi connectivity index (χ0v) is 14.9. The zero-order chi connectivity index (χ0) is 18.1. The van der Waals surface area contributed by atoms with Crippen LogP contribution < -0.4 is 0 Å². The third-order valence-corrected chi connectivity index (χ3v) is 5.11. The molecule has 1 heteroatoms. The molecule has 0 saturated carbocycles. The van der Waals surface area contributed by atoms with E-state index in [1.807, 2.05) is 18.3 Å². The molecule has 0 unspecified atom stereocenters. The van der Waals surface area contributed by atoms with E-state index >= 15 is 0 Å². The molecule has 0 aliphatic carbocycles. The van der Waals surface area contributed by atoms with Crippen LogP contribution in [-0.2, 0) is 0 Å². The molecule has 27 heavy (non-hydrogen) atoms. The fraction of sp³-hybridized carbons (Fsp3) is 0. The molecule has 0 saturated heterocycles. The minimum atomic E-state index is 1.21. The number of aromatic nitrogens is 1. The van der Waals surface area contributed by atoms with E-state index in [1.54, 1.807) is 0 Å². The van der Waals surface area contributed by atoms with Crippen LogP contribution in [0.5, 0.6) is 0 Å². The molecule has 0 spiro atoms. The molecule has 0 amide bonds. The predicted molar refractivity (Wildman–Crippen MR) is 117 cm³/mol. The lowest BCUT2D eigenvalue weighted by molar-refractivity contribution is 1.48. The Morgan fingerprint density at radius 1 is 0.370 bits per heavy atom. The maximum absolute atomic E-state index is 3.12. The van der Waals surface area contributed by atoms with Crippen molar-refractivity contribution in [3.8, 4) is 0 Å². The second kappa shape index (κ2) is 6.62. The lowest BCUT2D eigenvalue weighted by atomic mass is 9.95. The molecule has 6 rings (SSSR count). The number of hydrogen-bond acceptors (Lipinski definition) is 0. The number of aromatic amines is 1. The van der Waals surface area contributed by atoms with Gasteiger partial charge in [-0.1, -0.05) is 91.0 Å². The molecule has 0 atom stereocenters. The SMILES string of the molecule is c1ccc2[nH]ccc2c1.c1ccc2c(c1)c1ccccc1c1ccccc21. The molecule has 1 N–H and O–H groups in total.